The molecule has 0 aliphatic carbocycles. The molecule has 0 spiro atoms. The fourth-order valence-corrected chi connectivity index (χ4v) is 4.75. The van der Waals surface area contributed by atoms with Gasteiger partial charge >= 0.3 is 95.5 Å². The van der Waals surface area contributed by atoms with Gasteiger partial charge < -0.3 is 109 Å². The summed E-state index contributed by atoms with van der Waals surface area (Å²) in [6.45, 7) is 65.9. The molecule has 0 aromatic carbocycles. The van der Waals surface area contributed by atoms with E-state index in [1.165, 1.54) is 48.5 Å². The lowest BCUT2D eigenvalue weighted by atomic mass is 9.88. The molecular weight excluding hydrogens is 1600 g/mol. The van der Waals surface area contributed by atoms with Crippen molar-refractivity contribution in [3.8, 4) is 0 Å². The Bertz CT molecular complexity index is 3050. The van der Waals surface area contributed by atoms with Crippen molar-refractivity contribution < 1.29 is 185 Å². The van der Waals surface area contributed by atoms with E-state index in [-0.39, 0.29) is 143 Å². The second kappa shape index (κ2) is 79.6. The summed E-state index contributed by atoms with van der Waals surface area (Å²) in [5.41, 5.74) is -2.21. The monoisotopic (exact) mass is 1730 g/mol. The van der Waals surface area contributed by atoms with Crippen LogP contribution >= 0.6 is 0 Å². The van der Waals surface area contributed by atoms with Gasteiger partial charge in [-0.25, -0.2) is 76.7 Å². The summed E-state index contributed by atoms with van der Waals surface area (Å²) in [6, 6.07) is 0. The Hall–Kier alpha value is -12.9. The summed E-state index contributed by atoms with van der Waals surface area (Å²) in [5.74, 6) is -12.4. The van der Waals surface area contributed by atoms with E-state index < -0.39 is 105 Å². The maximum atomic E-state index is 11.8. The molecule has 0 unspecified atom stereocenters. The van der Waals surface area contributed by atoms with Crippen molar-refractivity contribution >= 4 is 95.5 Å². The second-order valence-corrected chi connectivity index (χ2v) is 24.8. The van der Waals surface area contributed by atoms with Gasteiger partial charge in [0.05, 0.1) is 52.9 Å². The van der Waals surface area contributed by atoms with Gasteiger partial charge in [-0.3, -0.25) is 0 Å². The Morgan fingerprint density at radius 2 is 0.372 bits per heavy atom. The Balaban J connectivity index is -0.000000131. The van der Waals surface area contributed by atoms with E-state index in [1.807, 2.05) is 13.8 Å². The first-order valence-electron chi connectivity index (χ1n) is 34.8. The predicted octanol–water partition coefficient (Wildman–Crippen LogP) is 6.78. The van der Waals surface area contributed by atoms with Crippen LogP contribution < -0.4 is 0 Å². The number of carbonyl (C=O) groups excluding carboxylic acids is 10. The van der Waals surface area contributed by atoms with E-state index in [4.69, 9.17) is 109 Å². The maximum absolute atomic E-state index is 11.8. The lowest BCUT2D eigenvalue weighted by Crippen LogP contribution is -2.44. The molecule has 0 aliphatic rings. The highest BCUT2D eigenvalue weighted by Gasteiger charge is 2.39. The minimum atomic E-state index is -1.37. The Labute approximate surface area is 705 Å². The topological polar surface area (TPSA) is 608 Å². The molecule has 38 nitrogen and oxygen atoms in total. The van der Waals surface area contributed by atoms with E-state index >= 15 is 0 Å². The molecule has 0 aromatic rings. The van der Waals surface area contributed by atoms with Gasteiger partial charge in [0, 0.05) is 104 Å². The molecule has 0 aromatic heterocycles. The van der Waals surface area contributed by atoms with Gasteiger partial charge in [0.25, 0.3) is 0 Å². The molecule has 12 N–H and O–H groups in total. The molecule has 0 fully saturated rings. The lowest BCUT2D eigenvalue weighted by molar-refractivity contribution is -0.168. The molecule has 0 bridgehead atoms. The summed E-state index contributed by atoms with van der Waals surface area (Å²) >= 11 is 0. The quantitative estimate of drug-likeness (QED) is 0.0129. The third-order valence-electron chi connectivity index (χ3n) is 13.0. The van der Waals surface area contributed by atoms with Crippen LogP contribution in [-0.2, 0) is 124 Å². The van der Waals surface area contributed by atoms with Gasteiger partial charge in [-0.2, -0.15) is 0 Å². The molecule has 38 heteroatoms. The second-order valence-electron chi connectivity index (χ2n) is 24.8. The van der Waals surface area contributed by atoms with Gasteiger partial charge in [-0.05, 0) is 88.0 Å². The average molecular weight is 1730 g/mol. The zero-order chi connectivity index (χ0) is 97.6. The van der Waals surface area contributed by atoms with Gasteiger partial charge in [-0.15, -0.1) is 0 Å². The summed E-state index contributed by atoms with van der Waals surface area (Å²) in [6.07, 6.45) is 8.69. The van der Waals surface area contributed by atoms with E-state index in [9.17, 15) is 76.7 Å². The van der Waals surface area contributed by atoms with Crippen LogP contribution in [0.15, 0.2) is 198 Å². The molecule has 0 amide bonds. The van der Waals surface area contributed by atoms with Crippen molar-refractivity contribution in [2.24, 2.45) is 21.7 Å². The van der Waals surface area contributed by atoms with Crippen LogP contribution in [0.1, 0.15) is 102 Å². The molecule has 0 saturated heterocycles. The zero-order valence-electron chi connectivity index (χ0n) is 71.0. The Morgan fingerprint density at radius 3 is 0.463 bits per heavy atom. The molecule has 684 valence electrons. The summed E-state index contributed by atoms with van der Waals surface area (Å²) in [7, 11) is 0. The van der Waals surface area contributed by atoms with E-state index in [0.717, 1.165) is 42.5 Å². The number of carbonyl (C=O) groups is 16. The molecule has 0 atom stereocenters. The van der Waals surface area contributed by atoms with Crippen LogP contribution in [0.2, 0.25) is 0 Å². The number of esters is 10. The van der Waals surface area contributed by atoms with Gasteiger partial charge in [0.1, 0.15) is 63.7 Å². The van der Waals surface area contributed by atoms with Crippen LogP contribution in [-0.4, -0.2) is 262 Å². The first-order valence-corrected chi connectivity index (χ1v) is 34.8. The van der Waals surface area contributed by atoms with Crippen molar-refractivity contribution in [3.63, 3.8) is 0 Å². The number of rotatable bonds is 45. The summed E-state index contributed by atoms with van der Waals surface area (Å²) in [4.78, 5) is 171. The number of aliphatic carboxylic acids is 6. The smallest absolute Gasteiger partial charge is 0.333 e. The summed E-state index contributed by atoms with van der Waals surface area (Å²) < 4.78 is 50.2. The minimum absolute atomic E-state index is 0.135. The van der Waals surface area contributed by atoms with E-state index in [1.54, 1.807) is 13.8 Å². The van der Waals surface area contributed by atoms with Gasteiger partial charge in [-0.1, -0.05) is 119 Å². The van der Waals surface area contributed by atoms with Crippen LogP contribution in [0.3, 0.4) is 0 Å². The number of unbranched alkanes of at least 4 members (excludes halogenated alkanes) is 1. The fourth-order valence-electron chi connectivity index (χ4n) is 4.75. The van der Waals surface area contributed by atoms with Crippen molar-refractivity contribution in [1.82, 2.24) is 0 Å². The molecular formula is C83H124O38. The van der Waals surface area contributed by atoms with Crippen molar-refractivity contribution in [2.75, 3.05) is 106 Å². The number of carboxylic acids is 6. The predicted molar refractivity (Wildman–Crippen MR) is 442 cm³/mol. The highest BCUT2D eigenvalue weighted by molar-refractivity contribution is 5.90. The van der Waals surface area contributed by atoms with Gasteiger partial charge in [0.2, 0.25) is 0 Å². The highest BCUT2D eigenvalue weighted by atomic mass is 16.6. The molecule has 0 rings (SSSR count). The van der Waals surface area contributed by atoms with Crippen LogP contribution in [0.4, 0.5) is 0 Å². The number of hydrogen-bond donors (Lipinski definition) is 12. The van der Waals surface area contributed by atoms with Crippen LogP contribution in [0, 0.1) is 21.7 Å². The number of carboxylic acid groups (broad SMARTS) is 6. The highest BCUT2D eigenvalue weighted by Crippen LogP contribution is 2.25. The maximum Gasteiger partial charge on any atom is 0.333 e. The van der Waals surface area contributed by atoms with Gasteiger partial charge in [0.15, 0.2) is 0 Å². The van der Waals surface area contributed by atoms with Crippen LogP contribution in [0.25, 0.3) is 0 Å². The largest absolute Gasteiger partial charge is 0.478 e. The first kappa shape index (κ1) is 132. The first-order chi connectivity index (χ1) is 55.8. The summed E-state index contributed by atoms with van der Waals surface area (Å²) in [5, 5.41) is 98.4. The standard InChI is InChI=1S/C21H28O8.C17H20O8.C12H18O4.2C6H14O3.3C4H6O2.3C3H4O2/c1-13(2)17(22)26-9-21(10-27-18(23)14(3)4,11-28-19(24)15(5)6)12-29-20(25)16(7)8;1-5-13(18)22-9-17(10-23-14(19)6-2,11-24-15(20)7-3)12-25-16(21)8-4;1-9(2)11(13)15-7-5-6-8-16-12(14)10(3)4;2*1-2-6(3-7,4-8)5-9;3*1-3(2)4(5)6;3*1-2-3(4)5/h1,3,5,7,9-12H2,2,4,6,8H3;5-8H,1-4,9-12H2;1,3,5-8H2,2,4H3;2*7-9H,2-5H2,1H3;3*1H2,2H3,(H,5,6);3*2H,1H2,(H,4,5). The molecule has 0 saturated carbocycles. The number of hydrogen-bond acceptors (Lipinski definition) is 32. The van der Waals surface area contributed by atoms with Crippen LogP contribution in [0.5, 0.6) is 0 Å². The SMILES string of the molecule is C=C(C)C(=O)O.C=C(C)C(=O)O.C=C(C)C(=O)O.C=C(C)C(=O)OCC(COC(=O)C(=C)C)(COC(=O)C(=C)C)COC(=O)C(=C)C.C=C(C)C(=O)OCCCCOC(=O)C(=C)C.C=CC(=O)O.C=CC(=O)O.C=CC(=O)O.C=CC(=O)OCC(COC(=O)C=C)(COC(=O)C=C)COC(=O)C=C.CCC(CO)(CO)CO.CCC(CO)(CO)CO. The fraction of sp³-hybridized carbons (Fsp3) is 0.422. The minimum Gasteiger partial charge on any atom is -0.478 e. The number of ether oxygens (including phenoxy) is 10. The molecule has 0 aliphatic heterocycles. The Kier molecular flexibility index (Phi) is 86.5. The molecule has 121 heavy (non-hydrogen) atoms. The third-order valence-corrected chi connectivity index (χ3v) is 13.0. The van der Waals surface area contributed by atoms with Crippen molar-refractivity contribution in [2.45, 2.75) is 102 Å². The normalized spacial score (nSPS) is 9.46. The Morgan fingerprint density at radius 1 is 0.240 bits per heavy atom. The van der Waals surface area contributed by atoms with E-state index in [2.05, 4.69) is 105 Å². The molecule has 0 radical (unpaired) electrons. The zero-order valence-corrected chi connectivity index (χ0v) is 71.0. The number of aliphatic hydroxyl groups is 6. The third kappa shape index (κ3) is 84.8. The number of aliphatic hydroxyl groups excluding tert-OH is 6. The molecule has 0 heterocycles. The van der Waals surface area contributed by atoms with E-state index in [0.29, 0.717) is 50.0 Å². The average Bonchev–Trinajstić information content (AvgIpc) is 0.480. The lowest BCUT2D eigenvalue weighted by Gasteiger charge is -2.31. The van der Waals surface area contributed by atoms with Crippen molar-refractivity contribution in [1.29, 1.82) is 0 Å². The van der Waals surface area contributed by atoms with Crippen molar-refractivity contribution in [3.05, 3.63) is 198 Å².